The molecule has 0 spiro atoms. The maximum absolute atomic E-state index is 10.7. The summed E-state index contributed by atoms with van der Waals surface area (Å²) < 4.78 is 16.7. The van der Waals surface area contributed by atoms with Crippen molar-refractivity contribution >= 4 is 5.97 Å². The summed E-state index contributed by atoms with van der Waals surface area (Å²) >= 11 is 0. The van der Waals surface area contributed by atoms with E-state index in [0.717, 1.165) is 12.8 Å². The van der Waals surface area contributed by atoms with Gasteiger partial charge in [-0.05, 0) is 53.5 Å². The van der Waals surface area contributed by atoms with Gasteiger partial charge in [-0.25, -0.2) is 0 Å². The standard InChI is InChI=1S/C15H26O4/c1-11(9-10-17-12(2)16)7-8-13-14(3,4)19-15(5,6)18-13/h9,13H,7-8,10H2,1-6H3/b11-9+/t13-/m0/s1. The predicted octanol–water partition coefficient (Wildman–Crippen LogP) is 3.21. The highest BCUT2D eigenvalue weighted by Gasteiger charge is 2.46. The Balaban J connectivity index is 2.42. The zero-order valence-corrected chi connectivity index (χ0v) is 12.9. The van der Waals surface area contributed by atoms with E-state index >= 15 is 0 Å². The summed E-state index contributed by atoms with van der Waals surface area (Å²) in [6, 6.07) is 0. The molecule has 0 unspecified atom stereocenters. The number of rotatable bonds is 5. The smallest absolute Gasteiger partial charge is 0.302 e. The first kappa shape index (κ1) is 16.2. The van der Waals surface area contributed by atoms with Crippen molar-refractivity contribution < 1.29 is 19.0 Å². The first-order valence-electron chi connectivity index (χ1n) is 6.79. The Hall–Kier alpha value is -0.870. The molecular formula is C15H26O4. The van der Waals surface area contributed by atoms with E-state index in [1.165, 1.54) is 12.5 Å². The van der Waals surface area contributed by atoms with Gasteiger partial charge in [-0.2, -0.15) is 0 Å². The first-order valence-corrected chi connectivity index (χ1v) is 6.79. The van der Waals surface area contributed by atoms with Crippen LogP contribution in [0.1, 0.15) is 54.4 Å². The normalized spacial score (nSPS) is 25.4. The predicted molar refractivity (Wildman–Crippen MR) is 73.7 cm³/mol. The lowest BCUT2D eigenvalue weighted by Crippen LogP contribution is -2.33. The van der Waals surface area contributed by atoms with Gasteiger partial charge in [0.25, 0.3) is 0 Å². The summed E-state index contributed by atoms with van der Waals surface area (Å²) in [7, 11) is 0. The van der Waals surface area contributed by atoms with Gasteiger partial charge in [0.1, 0.15) is 6.61 Å². The van der Waals surface area contributed by atoms with E-state index in [0.29, 0.717) is 6.61 Å². The Labute approximate surface area is 116 Å². The van der Waals surface area contributed by atoms with Gasteiger partial charge in [0.15, 0.2) is 5.79 Å². The third kappa shape index (κ3) is 5.33. The van der Waals surface area contributed by atoms with Crippen molar-refractivity contribution in [1.29, 1.82) is 0 Å². The molecule has 0 radical (unpaired) electrons. The minimum absolute atomic E-state index is 0.0829. The third-order valence-corrected chi connectivity index (χ3v) is 3.23. The molecule has 0 aromatic carbocycles. The average Bonchev–Trinajstić information content (AvgIpc) is 2.42. The van der Waals surface area contributed by atoms with E-state index in [-0.39, 0.29) is 17.7 Å². The second-order valence-electron chi connectivity index (χ2n) is 6.10. The Morgan fingerprint density at radius 3 is 2.37 bits per heavy atom. The van der Waals surface area contributed by atoms with Gasteiger partial charge in [0, 0.05) is 6.92 Å². The lowest BCUT2D eigenvalue weighted by Gasteiger charge is -2.23. The van der Waals surface area contributed by atoms with Crippen LogP contribution in [0.4, 0.5) is 0 Å². The minimum Gasteiger partial charge on any atom is -0.462 e. The molecule has 4 nitrogen and oxygen atoms in total. The van der Waals surface area contributed by atoms with Crippen LogP contribution in [-0.4, -0.2) is 30.1 Å². The number of carbonyl (C=O) groups excluding carboxylic acids is 1. The lowest BCUT2D eigenvalue weighted by atomic mass is 9.96. The molecule has 0 amide bonds. The highest BCUT2D eigenvalue weighted by atomic mass is 16.8. The molecule has 0 bridgehead atoms. The molecule has 4 heteroatoms. The molecule has 1 saturated heterocycles. The molecule has 0 saturated carbocycles. The number of allylic oxidation sites excluding steroid dienone is 1. The maximum Gasteiger partial charge on any atom is 0.302 e. The van der Waals surface area contributed by atoms with Gasteiger partial charge in [-0.3, -0.25) is 4.79 Å². The number of ether oxygens (including phenoxy) is 3. The Morgan fingerprint density at radius 2 is 1.89 bits per heavy atom. The van der Waals surface area contributed by atoms with E-state index in [9.17, 15) is 4.79 Å². The highest BCUT2D eigenvalue weighted by molar-refractivity contribution is 5.66. The number of hydrogen-bond donors (Lipinski definition) is 0. The van der Waals surface area contributed by atoms with E-state index in [1.54, 1.807) is 0 Å². The monoisotopic (exact) mass is 270 g/mol. The van der Waals surface area contributed by atoms with Crippen LogP contribution in [0.3, 0.4) is 0 Å². The zero-order valence-electron chi connectivity index (χ0n) is 12.9. The van der Waals surface area contributed by atoms with E-state index in [4.69, 9.17) is 14.2 Å². The van der Waals surface area contributed by atoms with Crippen molar-refractivity contribution in [3.63, 3.8) is 0 Å². The molecule has 0 N–H and O–H groups in total. The number of hydrogen-bond acceptors (Lipinski definition) is 4. The fraction of sp³-hybridized carbons (Fsp3) is 0.800. The van der Waals surface area contributed by atoms with Crippen LogP contribution in [0.2, 0.25) is 0 Å². The van der Waals surface area contributed by atoms with Gasteiger partial charge in [0.05, 0.1) is 11.7 Å². The van der Waals surface area contributed by atoms with Crippen LogP contribution in [-0.2, 0) is 19.0 Å². The molecule has 0 aromatic heterocycles. The van der Waals surface area contributed by atoms with E-state index < -0.39 is 5.79 Å². The number of esters is 1. The second-order valence-corrected chi connectivity index (χ2v) is 6.10. The van der Waals surface area contributed by atoms with Crippen LogP contribution in [0.25, 0.3) is 0 Å². The zero-order chi connectivity index (χ0) is 14.7. The largest absolute Gasteiger partial charge is 0.462 e. The lowest BCUT2D eigenvalue weighted by molar-refractivity contribution is -0.157. The van der Waals surface area contributed by atoms with Crippen LogP contribution in [0.5, 0.6) is 0 Å². The second kappa shape index (κ2) is 6.06. The fourth-order valence-corrected chi connectivity index (χ4v) is 2.38. The van der Waals surface area contributed by atoms with Crippen molar-refractivity contribution in [3.05, 3.63) is 11.6 Å². The Morgan fingerprint density at radius 1 is 1.26 bits per heavy atom. The molecule has 0 aromatic rings. The summed E-state index contributed by atoms with van der Waals surface area (Å²) in [5.41, 5.74) is 0.935. The topological polar surface area (TPSA) is 44.8 Å². The van der Waals surface area contributed by atoms with Crippen LogP contribution in [0.15, 0.2) is 11.6 Å². The summed E-state index contributed by atoms with van der Waals surface area (Å²) in [5.74, 6) is -0.761. The van der Waals surface area contributed by atoms with Gasteiger partial charge < -0.3 is 14.2 Å². The van der Waals surface area contributed by atoms with Crippen LogP contribution in [0, 0.1) is 0 Å². The Kier molecular flexibility index (Phi) is 5.16. The molecule has 110 valence electrons. The Bertz CT molecular complexity index is 355. The summed E-state index contributed by atoms with van der Waals surface area (Å²) in [6.45, 7) is 11.8. The maximum atomic E-state index is 10.7. The van der Waals surface area contributed by atoms with Crippen LogP contribution >= 0.6 is 0 Å². The van der Waals surface area contributed by atoms with Crippen LogP contribution < -0.4 is 0 Å². The molecule has 0 aliphatic carbocycles. The molecule has 1 aliphatic heterocycles. The SMILES string of the molecule is CC(=O)OC/C=C(\C)CC[C@@H]1OC(C)(C)OC1(C)C. The van der Waals surface area contributed by atoms with Gasteiger partial charge >= 0.3 is 5.97 Å². The van der Waals surface area contributed by atoms with Crippen molar-refractivity contribution in [1.82, 2.24) is 0 Å². The molecule has 1 fully saturated rings. The average molecular weight is 270 g/mol. The quantitative estimate of drug-likeness (QED) is 0.568. The molecule has 19 heavy (non-hydrogen) atoms. The highest BCUT2D eigenvalue weighted by Crippen LogP contribution is 2.38. The fourth-order valence-electron chi connectivity index (χ4n) is 2.38. The molecule has 1 atom stereocenters. The number of carbonyl (C=O) groups is 1. The van der Waals surface area contributed by atoms with E-state index in [1.807, 2.05) is 26.8 Å². The summed E-state index contributed by atoms with van der Waals surface area (Å²) in [5, 5.41) is 0. The van der Waals surface area contributed by atoms with Crippen molar-refractivity contribution in [2.45, 2.75) is 71.9 Å². The van der Waals surface area contributed by atoms with Crippen molar-refractivity contribution in [2.24, 2.45) is 0 Å². The third-order valence-electron chi connectivity index (χ3n) is 3.23. The van der Waals surface area contributed by atoms with Gasteiger partial charge in [-0.1, -0.05) is 5.57 Å². The summed E-state index contributed by atoms with van der Waals surface area (Å²) in [4.78, 5) is 10.7. The van der Waals surface area contributed by atoms with E-state index in [2.05, 4.69) is 13.8 Å². The van der Waals surface area contributed by atoms with Crippen molar-refractivity contribution in [2.75, 3.05) is 6.61 Å². The minimum atomic E-state index is -0.510. The molecular weight excluding hydrogens is 244 g/mol. The summed E-state index contributed by atoms with van der Waals surface area (Å²) in [6.07, 6.45) is 3.84. The van der Waals surface area contributed by atoms with Gasteiger partial charge in [-0.15, -0.1) is 0 Å². The van der Waals surface area contributed by atoms with Crippen molar-refractivity contribution in [3.8, 4) is 0 Å². The first-order chi connectivity index (χ1) is 8.62. The van der Waals surface area contributed by atoms with Gasteiger partial charge in [0.2, 0.25) is 0 Å². The molecule has 1 heterocycles. The molecule has 1 aliphatic rings. The molecule has 1 rings (SSSR count).